The maximum Gasteiger partial charge on any atom is 0.151 e. The Bertz CT molecular complexity index is 571. The number of aromatic nitrogens is 2. The molecule has 0 saturated carbocycles. The second-order valence-corrected chi connectivity index (χ2v) is 4.95. The van der Waals surface area contributed by atoms with Crippen molar-refractivity contribution in [2.45, 2.75) is 6.92 Å². The molecular weight excluding hydrogens is 335 g/mol. The third kappa shape index (κ3) is 3.54. The molecule has 0 atom stereocenters. The van der Waals surface area contributed by atoms with Crippen LogP contribution >= 0.6 is 27.5 Å². The third-order valence-electron chi connectivity index (χ3n) is 2.25. The minimum atomic E-state index is -0.407. The molecule has 0 radical (unpaired) electrons. The number of benzene rings is 1. The fourth-order valence-electron chi connectivity index (χ4n) is 1.48. The summed E-state index contributed by atoms with van der Waals surface area (Å²) < 4.78 is 13.7. The molecule has 19 heavy (non-hydrogen) atoms. The van der Waals surface area contributed by atoms with Crippen LogP contribution in [0, 0.1) is 5.82 Å². The van der Waals surface area contributed by atoms with E-state index in [9.17, 15) is 4.39 Å². The van der Waals surface area contributed by atoms with Crippen LogP contribution in [0.15, 0.2) is 29.0 Å². The SMILES string of the molecule is CCNc1cncc(Nc2c(Cl)cc(F)cc2Br)n1. The number of anilines is 3. The Morgan fingerprint density at radius 1 is 1.32 bits per heavy atom. The topological polar surface area (TPSA) is 49.8 Å². The van der Waals surface area contributed by atoms with Crippen molar-refractivity contribution >= 4 is 44.9 Å². The molecule has 0 amide bonds. The molecule has 2 rings (SSSR count). The van der Waals surface area contributed by atoms with Gasteiger partial charge in [0, 0.05) is 11.0 Å². The number of nitrogens with one attached hydrogen (secondary N) is 2. The van der Waals surface area contributed by atoms with Crippen molar-refractivity contribution in [2.75, 3.05) is 17.2 Å². The fourth-order valence-corrected chi connectivity index (χ4v) is 2.38. The smallest absolute Gasteiger partial charge is 0.151 e. The Labute approximate surface area is 123 Å². The van der Waals surface area contributed by atoms with E-state index < -0.39 is 5.82 Å². The number of hydrogen-bond donors (Lipinski definition) is 2. The van der Waals surface area contributed by atoms with Gasteiger partial charge in [-0.1, -0.05) is 11.6 Å². The first-order valence-corrected chi connectivity index (χ1v) is 6.74. The van der Waals surface area contributed by atoms with E-state index >= 15 is 0 Å². The molecule has 2 aromatic rings. The van der Waals surface area contributed by atoms with Gasteiger partial charge in [0.05, 0.1) is 23.1 Å². The van der Waals surface area contributed by atoms with Crippen LogP contribution in [0.4, 0.5) is 21.7 Å². The molecule has 0 saturated heterocycles. The molecular formula is C12H11BrClFN4. The van der Waals surface area contributed by atoms with Gasteiger partial charge in [0.2, 0.25) is 0 Å². The third-order valence-corrected chi connectivity index (χ3v) is 3.18. The molecule has 4 nitrogen and oxygen atoms in total. The lowest BCUT2D eigenvalue weighted by molar-refractivity contribution is 0.627. The monoisotopic (exact) mass is 344 g/mol. The van der Waals surface area contributed by atoms with E-state index in [0.29, 0.717) is 21.8 Å². The molecule has 1 heterocycles. The van der Waals surface area contributed by atoms with E-state index in [1.807, 2.05) is 6.92 Å². The van der Waals surface area contributed by atoms with Gasteiger partial charge in [-0.15, -0.1) is 0 Å². The van der Waals surface area contributed by atoms with Gasteiger partial charge < -0.3 is 10.6 Å². The van der Waals surface area contributed by atoms with Crippen molar-refractivity contribution in [1.82, 2.24) is 9.97 Å². The highest BCUT2D eigenvalue weighted by atomic mass is 79.9. The largest absolute Gasteiger partial charge is 0.369 e. The van der Waals surface area contributed by atoms with Crippen molar-refractivity contribution in [2.24, 2.45) is 0 Å². The lowest BCUT2D eigenvalue weighted by atomic mass is 10.3. The molecule has 0 spiro atoms. The normalized spacial score (nSPS) is 10.3. The zero-order valence-corrected chi connectivity index (χ0v) is 12.4. The molecule has 0 aliphatic heterocycles. The van der Waals surface area contributed by atoms with Crippen molar-refractivity contribution in [3.63, 3.8) is 0 Å². The van der Waals surface area contributed by atoms with Gasteiger partial charge in [-0.3, -0.25) is 4.98 Å². The van der Waals surface area contributed by atoms with Gasteiger partial charge in [-0.25, -0.2) is 9.37 Å². The van der Waals surface area contributed by atoms with Crippen molar-refractivity contribution in [3.05, 3.63) is 39.8 Å². The van der Waals surface area contributed by atoms with Gasteiger partial charge >= 0.3 is 0 Å². The van der Waals surface area contributed by atoms with Crippen molar-refractivity contribution < 1.29 is 4.39 Å². The summed E-state index contributed by atoms with van der Waals surface area (Å²) in [4.78, 5) is 8.36. The first-order valence-electron chi connectivity index (χ1n) is 5.57. The predicted molar refractivity (Wildman–Crippen MR) is 78.6 cm³/mol. The summed E-state index contributed by atoms with van der Waals surface area (Å²) in [6.07, 6.45) is 3.18. The highest BCUT2D eigenvalue weighted by Gasteiger charge is 2.09. The minimum absolute atomic E-state index is 0.266. The molecule has 0 unspecified atom stereocenters. The second-order valence-electron chi connectivity index (χ2n) is 3.69. The first kappa shape index (κ1) is 14.0. The van der Waals surface area contributed by atoms with Crippen LogP contribution in [0.2, 0.25) is 5.02 Å². The Kier molecular flexibility index (Phi) is 4.55. The van der Waals surface area contributed by atoms with E-state index in [1.54, 1.807) is 12.4 Å². The summed E-state index contributed by atoms with van der Waals surface area (Å²) in [5, 5.41) is 6.33. The lowest BCUT2D eigenvalue weighted by Gasteiger charge is -2.11. The van der Waals surface area contributed by atoms with E-state index in [-0.39, 0.29) is 5.02 Å². The summed E-state index contributed by atoms with van der Waals surface area (Å²) in [6.45, 7) is 2.72. The number of hydrogen-bond acceptors (Lipinski definition) is 4. The standard InChI is InChI=1S/C12H11BrClFN4/c1-2-17-10-5-16-6-11(18-10)19-12-8(13)3-7(15)4-9(12)14/h3-6H,2H2,1H3,(H2,17,18,19). The average Bonchev–Trinajstić information content (AvgIpc) is 2.35. The molecule has 0 bridgehead atoms. The van der Waals surface area contributed by atoms with E-state index in [1.165, 1.54) is 12.1 Å². The van der Waals surface area contributed by atoms with Crippen LogP contribution in [0.5, 0.6) is 0 Å². The van der Waals surface area contributed by atoms with E-state index in [2.05, 4.69) is 36.5 Å². The molecule has 0 aliphatic carbocycles. The van der Waals surface area contributed by atoms with Crippen LogP contribution in [0.1, 0.15) is 6.92 Å². The Balaban J connectivity index is 2.28. The first-order chi connectivity index (χ1) is 9.10. The van der Waals surface area contributed by atoms with E-state index in [0.717, 1.165) is 6.54 Å². The summed E-state index contributed by atoms with van der Waals surface area (Å²) in [7, 11) is 0. The molecule has 100 valence electrons. The Hall–Kier alpha value is -1.40. The van der Waals surface area contributed by atoms with Gasteiger partial charge in [0.15, 0.2) is 5.82 Å². The van der Waals surface area contributed by atoms with Crippen LogP contribution in [0.3, 0.4) is 0 Å². The molecule has 2 N–H and O–H groups in total. The van der Waals surface area contributed by atoms with Gasteiger partial charge in [-0.2, -0.15) is 0 Å². The van der Waals surface area contributed by atoms with Crippen LogP contribution in [-0.4, -0.2) is 16.5 Å². The predicted octanol–water partition coefficient (Wildman–Crippen LogP) is 4.21. The van der Waals surface area contributed by atoms with Gasteiger partial charge in [0.25, 0.3) is 0 Å². The van der Waals surface area contributed by atoms with Gasteiger partial charge in [0.1, 0.15) is 11.6 Å². The molecule has 0 fully saturated rings. The lowest BCUT2D eigenvalue weighted by Crippen LogP contribution is -2.03. The van der Waals surface area contributed by atoms with Crippen molar-refractivity contribution in [3.8, 4) is 0 Å². The summed E-state index contributed by atoms with van der Waals surface area (Å²) in [5.41, 5.74) is 0.547. The van der Waals surface area contributed by atoms with Crippen LogP contribution in [0.25, 0.3) is 0 Å². The maximum atomic E-state index is 13.1. The summed E-state index contributed by atoms with van der Waals surface area (Å²) >= 11 is 9.24. The number of halogens is 3. The fraction of sp³-hybridized carbons (Fsp3) is 0.167. The van der Waals surface area contributed by atoms with E-state index in [4.69, 9.17) is 11.6 Å². The molecule has 1 aromatic heterocycles. The van der Waals surface area contributed by atoms with Gasteiger partial charge in [-0.05, 0) is 35.0 Å². The highest BCUT2D eigenvalue weighted by molar-refractivity contribution is 9.10. The number of nitrogens with zero attached hydrogens (tertiary/aromatic N) is 2. The van der Waals surface area contributed by atoms with Crippen molar-refractivity contribution in [1.29, 1.82) is 0 Å². The zero-order valence-electron chi connectivity index (χ0n) is 10.0. The Morgan fingerprint density at radius 3 is 2.74 bits per heavy atom. The molecule has 7 heteroatoms. The average molecular weight is 346 g/mol. The Morgan fingerprint density at radius 2 is 2.05 bits per heavy atom. The molecule has 1 aromatic carbocycles. The number of rotatable bonds is 4. The summed E-state index contributed by atoms with van der Waals surface area (Å²) in [5.74, 6) is 0.768. The van der Waals surface area contributed by atoms with Crippen LogP contribution in [-0.2, 0) is 0 Å². The summed E-state index contributed by atoms with van der Waals surface area (Å²) in [6, 6.07) is 2.56. The minimum Gasteiger partial charge on any atom is -0.369 e. The molecule has 0 aliphatic rings. The maximum absolute atomic E-state index is 13.1. The quantitative estimate of drug-likeness (QED) is 0.871. The zero-order chi connectivity index (χ0) is 13.8. The second kappa shape index (κ2) is 6.16. The highest BCUT2D eigenvalue weighted by Crippen LogP contribution is 2.33. The van der Waals surface area contributed by atoms with Crippen LogP contribution < -0.4 is 10.6 Å².